The Kier molecular flexibility index (Phi) is 5.30. The van der Waals surface area contributed by atoms with Gasteiger partial charge in [0, 0.05) is 49.4 Å². The van der Waals surface area contributed by atoms with E-state index in [2.05, 4.69) is 5.32 Å². The molecule has 2 N–H and O–H groups in total. The van der Waals surface area contributed by atoms with E-state index in [1.807, 2.05) is 24.8 Å². The normalized spacial score (nSPS) is 22.1. The predicted molar refractivity (Wildman–Crippen MR) is 125 cm³/mol. The molecule has 5 rings (SSSR count). The second-order valence-electron chi connectivity index (χ2n) is 9.53. The predicted octanol–water partition coefficient (Wildman–Crippen LogP) is 4.36. The maximum atomic E-state index is 13.8. The number of aromatic nitrogens is 2. The standard InChI is InChI=1S/C25H26F2N4O3/c1-14-7-19(15(2)28-20-6-4-3-5-18(20)24(33)34)23-29-21(8-22(32)31(23)11-14)30-12-16-9-25(26,27)10-17(16)13-30/h3-8,11,15-17,28H,9-10,12-13H2,1-2H3,(H,33,34)/t15?,16-,17+. The molecule has 1 unspecified atom stereocenters. The van der Waals surface area contributed by atoms with Crippen LogP contribution in [-0.2, 0) is 0 Å². The van der Waals surface area contributed by atoms with Crippen molar-refractivity contribution < 1.29 is 18.7 Å². The van der Waals surface area contributed by atoms with Crippen LogP contribution in [-0.4, -0.2) is 39.5 Å². The first kappa shape index (κ1) is 22.3. The average Bonchev–Trinajstić information content (AvgIpc) is 3.27. The van der Waals surface area contributed by atoms with E-state index in [9.17, 15) is 23.5 Å². The molecule has 9 heteroatoms. The maximum absolute atomic E-state index is 13.8. The molecule has 1 saturated carbocycles. The molecule has 2 aliphatic rings. The van der Waals surface area contributed by atoms with E-state index in [4.69, 9.17) is 4.98 Å². The molecule has 3 aromatic rings. The third-order valence-corrected chi connectivity index (χ3v) is 6.93. The van der Waals surface area contributed by atoms with Crippen LogP contribution in [0.3, 0.4) is 0 Å². The summed E-state index contributed by atoms with van der Waals surface area (Å²) in [4.78, 5) is 31.4. The molecule has 3 heterocycles. The maximum Gasteiger partial charge on any atom is 0.337 e. The average molecular weight is 469 g/mol. The molecular weight excluding hydrogens is 442 g/mol. The summed E-state index contributed by atoms with van der Waals surface area (Å²) in [6, 6.07) is 9.68. The molecule has 34 heavy (non-hydrogen) atoms. The van der Waals surface area contributed by atoms with Crippen molar-refractivity contribution in [3.8, 4) is 0 Å². The quantitative estimate of drug-likeness (QED) is 0.579. The van der Waals surface area contributed by atoms with E-state index < -0.39 is 11.9 Å². The number of fused-ring (bicyclic) bond motifs is 2. The Morgan fingerprint density at radius 3 is 2.56 bits per heavy atom. The van der Waals surface area contributed by atoms with Crippen LogP contribution < -0.4 is 15.8 Å². The van der Waals surface area contributed by atoms with Gasteiger partial charge >= 0.3 is 5.97 Å². The molecule has 178 valence electrons. The number of pyridine rings is 1. The Labute approximate surface area is 195 Å². The second-order valence-corrected chi connectivity index (χ2v) is 9.53. The fraction of sp³-hybridized carbons (Fsp3) is 0.400. The van der Waals surface area contributed by atoms with Crippen molar-refractivity contribution in [3.63, 3.8) is 0 Å². The summed E-state index contributed by atoms with van der Waals surface area (Å²) in [6.45, 7) is 4.69. The Hall–Kier alpha value is -3.49. The fourth-order valence-corrected chi connectivity index (χ4v) is 5.38. The third-order valence-electron chi connectivity index (χ3n) is 6.93. The zero-order valence-corrected chi connectivity index (χ0v) is 19.0. The van der Waals surface area contributed by atoms with Crippen molar-refractivity contribution in [1.29, 1.82) is 0 Å². The molecule has 3 atom stereocenters. The van der Waals surface area contributed by atoms with Crippen LogP contribution in [0.5, 0.6) is 0 Å². The molecule has 0 amide bonds. The Morgan fingerprint density at radius 2 is 1.88 bits per heavy atom. The van der Waals surface area contributed by atoms with Crippen LogP contribution in [0.1, 0.15) is 47.3 Å². The zero-order valence-electron chi connectivity index (χ0n) is 19.0. The van der Waals surface area contributed by atoms with Crippen LogP contribution in [0.2, 0.25) is 0 Å². The van der Waals surface area contributed by atoms with Gasteiger partial charge in [-0.25, -0.2) is 18.6 Å². The molecule has 1 aliphatic heterocycles. The number of halogens is 2. The van der Waals surface area contributed by atoms with Crippen LogP contribution >= 0.6 is 0 Å². The minimum atomic E-state index is -2.60. The van der Waals surface area contributed by atoms with Crippen LogP contribution in [0.15, 0.2) is 47.4 Å². The molecule has 1 saturated heterocycles. The number of nitrogens with one attached hydrogen (secondary N) is 1. The number of anilines is 2. The van der Waals surface area contributed by atoms with Crippen molar-refractivity contribution in [2.45, 2.75) is 38.7 Å². The van der Waals surface area contributed by atoms with Gasteiger partial charge in [0.25, 0.3) is 5.56 Å². The molecule has 2 aromatic heterocycles. The summed E-state index contributed by atoms with van der Waals surface area (Å²) < 4.78 is 29.0. The van der Waals surface area contributed by atoms with Gasteiger partial charge in [-0.15, -0.1) is 0 Å². The van der Waals surface area contributed by atoms with Gasteiger partial charge in [-0.2, -0.15) is 0 Å². The number of aryl methyl sites for hydroxylation is 1. The highest BCUT2D eigenvalue weighted by atomic mass is 19.3. The fourth-order valence-electron chi connectivity index (χ4n) is 5.38. The number of carbonyl (C=O) groups is 1. The zero-order chi connectivity index (χ0) is 24.2. The molecule has 0 bridgehead atoms. The lowest BCUT2D eigenvalue weighted by atomic mass is 10.0. The van der Waals surface area contributed by atoms with E-state index in [0.717, 1.165) is 11.1 Å². The van der Waals surface area contributed by atoms with Gasteiger partial charge < -0.3 is 15.3 Å². The van der Waals surface area contributed by atoms with Crippen molar-refractivity contribution in [1.82, 2.24) is 9.38 Å². The number of hydrogen-bond acceptors (Lipinski definition) is 5. The molecule has 0 spiro atoms. The van der Waals surface area contributed by atoms with Crippen molar-refractivity contribution >= 4 is 23.1 Å². The molecule has 7 nitrogen and oxygen atoms in total. The minimum absolute atomic E-state index is 0.0964. The van der Waals surface area contributed by atoms with Gasteiger partial charge in [0.1, 0.15) is 11.5 Å². The number of aromatic carboxylic acids is 1. The van der Waals surface area contributed by atoms with Gasteiger partial charge in [-0.05, 0) is 49.4 Å². The van der Waals surface area contributed by atoms with Crippen molar-refractivity contribution in [3.05, 3.63) is 69.6 Å². The number of carboxylic acids is 1. The van der Waals surface area contributed by atoms with Gasteiger partial charge in [0.2, 0.25) is 5.92 Å². The number of carboxylic acid groups (broad SMARTS) is 1. The van der Waals surface area contributed by atoms with E-state index in [-0.39, 0.29) is 41.8 Å². The van der Waals surface area contributed by atoms with Crippen molar-refractivity contribution in [2.24, 2.45) is 11.8 Å². The van der Waals surface area contributed by atoms with Gasteiger partial charge in [-0.1, -0.05) is 12.1 Å². The van der Waals surface area contributed by atoms with E-state index in [1.165, 1.54) is 16.5 Å². The molecule has 1 aliphatic carbocycles. The molecule has 0 radical (unpaired) electrons. The lowest BCUT2D eigenvalue weighted by molar-refractivity contribution is 0.00171. The third kappa shape index (κ3) is 3.99. The van der Waals surface area contributed by atoms with Gasteiger partial charge in [0.05, 0.1) is 11.6 Å². The molecular formula is C25H26F2N4O3. The van der Waals surface area contributed by atoms with Crippen LogP contribution in [0.25, 0.3) is 5.65 Å². The highest BCUT2D eigenvalue weighted by molar-refractivity contribution is 5.94. The summed E-state index contributed by atoms with van der Waals surface area (Å²) >= 11 is 0. The van der Waals surface area contributed by atoms with Crippen LogP contribution in [0, 0.1) is 18.8 Å². The Morgan fingerprint density at radius 1 is 1.21 bits per heavy atom. The smallest absolute Gasteiger partial charge is 0.337 e. The largest absolute Gasteiger partial charge is 0.478 e. The first-order chi connectivity index (χ1) is 16.1. The number of alkyl halides is 2. The summed E-state index contributed by atoms with van der Waals surface area (Å²) in [7, 11) is 0. The Balaban J connectivity index is 1.51. The highest BCUT2D eigenvalue weighted by Crippen LogP contribution is 2.47. The minimum Gasteiger partial charge on any atom is -0.478 e. The number of nitrogens with zero attached hydrogens (tertiary/aromatic N) is 3. The first-order valence-electron chi connectivity index (χ1n) is 11.4. The first-order valence-corrected chi connectivity index (χ1v) is 11.4. The number of para-hydroxylation sites is 1. The van der Waals surface area contributed by atoms with Crippen LogP contribution in [0.4, 0.5) is 20.3 Å². The lowest BCUT2D eigenvalue weighted by Gasteiger charge is -2.22. The molecule has 1 aromatic carbocycles. The monoisotopic (exact) mass is 468 g/mol. The van der Waals surface area contributed by atoms with E-state index >= 15 is 0 Å². The summed E-state index contributed by atoms with van der Waals surface area (Å²) in [5.41, 5.74) is 2.43. The summed E-state index contributed by atoms with van der Waals surface area (Å²) in [5.74, 6) is -3.34. The summed E-state index contributed by atoms with van der Waals surface area (Å²) in [6.07, 6.45) is 1.49. The Bertz CT molecular complexity index is 1320. The van der Waals surface area contributed by atoms with Gasteiger partial charge in [-0.3, -0.25) is 9.20 Å². The number of hydrogen-bond donors (Lipinski definition) is 2. The topological polar surface area (TPSA) is 86.9 Å². The molecule has 2 fully saturated rings. The number of benzene rings is 1. The highest BCUT2D eigenvalue weighted by Gasteiger charge is 2.50. The van der Waals surface area contributed by atoms with E-state index in [0.29, 0.717) is 30.2 Å². The second kappa shape index (κ2) is 8.07. The number of rotatable bonds is 5. The van der Waals surface area contributed by atoms with Crippen molar-refractivity contribution in [2.75, 3.05) is 23.3 Å². The SMILES string of the molecule is Cc1cc(C(C)Nc2ccccc2C(=O)O)c2nc(N3C[C@@H]4CC(F)(F)C[C@@H]4C3)cc(=O)n2c1. The van der Waals surface area contributed by atoms with E-state index in [1.54, 1.807) is 24.4 Å². The van der Waals surface area contributed by atoms with Gasteiger partial charge in [0.15, 0.2) is 0 Å². The lowest BCUT2D eigenvalue weighted by Crippen LogP contribution is -2.28. The summed E-state index contributed by atoms with van der Waals surface area (Å²) in [5, 5.41) is 12.8.